The number of aromatic nitrogens is 2. The number of ether oxygens (including phenoxy) is 5. The number of phenolic OH excluding ortho intramolecular Hbond substituents is 1. The van der Waals surface area contributed by atoms with Crippen LogP contribution in [-0.4, -0.2) is 41.5 Å². The van der Waals surface area contributed by atoms with Gasteiger partial charge in [-0.25, -0.2) is 14.4 Å². The molecule has 4 rings (SSSR count). The van der Waals surface area contributed by atoms with E-state index in [1.165, 1.54) is 32.5 Å². The molecule has 2 heterocycles. The van der Waals surface area contributed by atoms with Gasteiger partial charge in [-0.15, -0.1) is 0 Å². The van der Waals surface area contributed by atoms with Crippen LogP contribution in [0.2, 0.25) is 0 Å². The molecule has 1 N–H and O–H groups in total. The van der Waals surface area contributed by atoms with Crippen LogP contribution in [0.4, 0.5) is 4.39 Å². The van der Waals surface area contributed by atoms with E-state index in [2.05, 4.69) is 14.7 Å². The highest BCUT2D eigenvalue weighted by molar-refractivity contribution is 5.45. The lowest BCUT2D eigenvalue weighted by molar-refractivity contribution is 0.242. The molecule has 0 unspecified atom stereocenters. The molecule has 0 radical (unpaired) electrons. The van der Waals surface area contributed by atoms with Crippen LogP contribution in [0.3, 0.4) is 0 Å². The average molecular weight is 589 g/mol. The zero-order valence-electron chi connectivity index (χ0n) is 24.7. The highest BCUT2D eigenvalue weighted by Gasteiger charge is 2.09. The van der Waals surface area contributed by atoms with E-state index in [9.17, 15) is 4.39 Å². The van der Waals surface area contributed by atoms with Gasteiger partial charge in [0.1, 0.15) is 46.5 Å². The number of phenols is 1. The maximum absolute atomic E-state index is 12.6. The van der Waals surface area contributed by atoms with E-state index in [0.717, 1.165) is 17.7 Å². The van der Waals surface area contributed by atoms with Gasteiger partial charge in [0.2, 0.25) is 0 Å². The molecule has 0 saturated heterocycles. The van der Waals surface area contributed by atoms with Crippen molar-refractivity contribution in [3.05, 3.63) is 90.3 Å². The lowest BCUT2D eigenvalue weighted by Crippen LogP contribution is -2.05. The van der Waals surface area contributed by atoms with E-state index in [-0.39, 0.29) is 35.1 Å². The SMILES string of the molecule is CC(C)Oc1ccc(O)cc1.COc1cc(C#N)ncc1F.COc1cc(C#N)ncc1Oc1ccc(OC(C)C)cc1. The van der Waals surface area contributed by atoms with Gasteiger partial charge in [-0.3, -0.25) is 0 Å². The largest absolute Gasteiger partial charge is 0.508 e. The number of hydrogen-bond acceptors (Lipinski definition) is 10. The predicted molar refractivity (Wildman–Crippen MR) is 157 cm³/mol. The highest BCUT2D eigenvalue weighted by atomic mass is 19.1. The van der Waals surface area contributed by atoms with Crippen molar-refractivity contribution >= 4 is 0 Å². The normalized spacial score (nSPS) is 9.74. The van der Waals surface area contributed by atoms with Crippen molar-refractivity contribution in [2.45, 2.75) is 39.9 Å². The first-order valence-corrected chi connectivity index (χ1v) is 13.0. The molecule has 224 valence electrons. The molecule has 0 spiro atoms. The van der Waals surface area contributed by atoms with Crippen molar-refractivity contribution in [3.8, 4) is 52.4 Å². The van der Waals surface area contributed by atoms with Gasteiger partial charge in [0.25, 0.3) is 0 Å². The molecule has 2 aromatic carbocycles. The third-order valence-corrected chi connectivity index (χ3v) is 4.95. The molecular formula is C32H33FN4O6. The molecule has 0 aliphatic carbocycles. The minimum Gasteiger partial charge on any atom is -0.508 e. The van der Waals surface area contributed by atoms with Crippen molar-refractivity contribution in [2.24, 2.45) is 0 Å². The van der Waals surface area contributed by atoms with Gasteiger partial charge in [-0.1, -0.05) is 0 Å². The molecule has 0 bridgehead atoms. The van der Waals surface area contributed by atoms with Crippen LogP contribution in [0.25, 0.3) is 0 Å². The summed E-state index contributed by atoms with van der Waals surface area (Å²) in [6.07, 6.45) is 2.73. The van der Waals surface area contributed by atoms with E-state index in [1.807, 2.05) is 45.9 Å². The number of methoxy groups -OCH3 is 2. The zero-order valence-corrected chi connectivity index (χ0v) is 24.7. The maximum atomic E-state index is 12.6. The lowest BCUT2D eigenvalue weighted by atomic mass is 10.3. The average Bonchev–Trinajstić information content (AvgIpc) is 3.00. The summed E-state index contributed by atoms with van der Waals surface area (Å²) in [4.78, 5) is 7.46. The summed E-state index contributed by atoms with van der Waals surface area (Å²) in [5.74, 6) is 2.86. The molecule has 0 atom stereocenters. The van der Waals surface area contributed by atoms with Crippen LogP contribution in [0.15, 0.2) is 73.1 Å². The smallest absolute Gasteiger partial charge is 0.187 e. The molecule has 0 aliphatic heterocycles. The molecule has 4 aromatic rings. The van der Waals surface area contributed by atoms with Crippen molar-refractivity contribution in [1.82, 2.24) is 9.97 Å². The van der Waals surface area contributed by atoms with Gasteiger partial charge in [-0.05, 0) is 76.2 Å². The number of hydrogen-bond donors (Lipinski definition) is 1. The molecule has 43 heavy (non-hydrogen) atoms. The Morgan fingerprint density at radius 2 is 1.12 bits per heavy atom. The van der Waals surface area contributed by atoms with Crippen LogP contribution in [0.1, 0.15) is 39.1 Å². The lowest BCUT2D eigenvalue weighted by Gasteiger charge is -2.12. The van der Waals surface area contributed by atoms with Crippen molar-refractivity contribution in [3.63, 3.8) is 0 Å². The Morgan fingerprint density at radius 1 is 0.674 bits per heavy atom. The number of benzene rings is 2. The second-order valence-corrected chi connectivity index (χ2v) is 9.05. The summed E-state index contributed by atoms with van der Waals surface area (Å²) >= 11 is 0. The van der Waals surface area contributed by atoms with Gasteiger partial charge < -0.3 is 28.8 Å². The number of aromatic hydroxyl groups is 1. The van der Waals surface area contributed by atoms with E-state index in [0.29, 0.717) is 17.2 Å². The summed E-state index contributed by atoms with van der Waals surface area (Å²) in [5, 5.41) is 26.1. The summed E-state index contributed by atoms with van der Waals surface area (Å²) in [7, 11) is 2.85. The monoisotopic (exact) mass is 588 g/mol. The first-order chi connectivity index (χ1) is 20.6. The second kappa shape index (κ2) is 17.3. The van der Waals surface area contributed by atoms with Gasteiger partial charge >= 0.3 is 0 Å². The minimum absolute atomic E-state index is 0.0385. The third-order valence-electron chi connectivity index (χ3n) is 4.95. The van der Waals surface area contributed by atoms with Gasteiger partial charge in [0, 0.05) is 12.1 Å². The number of rotatable bonds is 8. The topological polar surface area (TPSA) is 140 Å². The summed E-state index contributed by atoms with van der Waals surface area (Å²) in [5.41, 5.74) is 0.420. The van der Waals surface area contributed by atoms with Gasteiger partial charge in [0.15, 0.2) is 23.1 Å². The molecule has 10 nitrogen and oxygen atoms in total. The predicted octanol–water partition coefficient (Wildman–Crippen LogP) is 6.82. The van der Waals surface area contributed by atoms with Crippen LogP contribution in [-0.2, 0) is 0 Å². The van der Waals surface area contributed by atoms with Crippen LogP contribution >= 0.6 is 0 Å². The van der Waals surface area contributed by atoms with E-state index >= 15 is 0 Å². The van der Waals surface area contributed by atoms with Crippen molar-refractivity contribution < 1.29 is 33.2 Å². The Kier molecular flexibility index (Phi) is 13.5. The first-order valence-electron chi connectivity index (χ1n) is 13.0. The molecule has 0 saturated carbocycles. The Balaban J connectivity index is 0.000000247. The zero-order chi connectivity index (χ0) is 31.8. The van der Waals surface area contributed by atoms with Gasteiger partial charge in [0.05, 0.1) is 38.8 Å². The fraction of sp³-hybridized carbons (Fsp3) is 0.250. The quantitative estimate of drug-likeness (QED) is 0.233. The second-order valence-electron chi connectivity index (χ2n) is 9.05. The molecule has 11 heteroatoms. The highest BCUT2D eigenvalue weighted by Crippen LogP contribution is 2.32. The molecule has 2 aromatic heterocycles. The molecule has 0 fully saturated rings. The maximum Gasteiger partial charge on any atom is 0.187 e. The molecular weight excluding hydrogens is 555 g/mol. The number of nitrogens with zero attached hydrogens (tertiary/aromatic N) is 4. The fourth-order valence-corrected chi connectivity index (χ4v) is 3.14. The standard InChI is InChI=1S/C16H16N2O3.C9H12O2.C7H5FN2O/c1-11(2)20-13-4-6-14(7-5-13)21-16-10-18-12(9-17)8-15(16)19-3;1-7(2)11-9-5-3-8(10)4-6-9;1-11-7-2-5(3-9)10-4-6(7)8/h4-8,10-11H,1-3H3;3-7,10H,1-2H3;2,4H,1H3. The van der Waals surface area contributed by atoms with Crippen molar-refractivity contribution in [2.75, 3.05) is 14.2 Å². The van der Waals surface area contributed by atoms with Crippen molar-refractivity contribution in [1.29, 1.82) is 10.5 Å². The van der Waals surface area contributed by atoms with Gasteiger partial charge in [-0.2, -0.15) is 10.5 Å². The summed E-state index contributed by atoms with van der Waals surface area (Å²) in [6.45, 7) is 7.87. The summed E-state index contributed by atoms with van der Waals surface area (Å²) < 4.78 is 39.1. The van der Waals surface area contributed by atoms with E-state index in [4.69, 9.17) is 34.6 Å². The van der Waals surface area contributed by atoms with E-state index < -0.39 is 5.82 Å². The summed E-state index contributed by atoms with van der Waals surface area (Å²) in [6, 6.07) is 20.5. The minimum atomic E-state index is -0.563. The molecule has 0 aliphatic rings. The van der Waals surface area contributed by atoms with Crippen LogP contribution in [0.5, 0.6) is 40.2 Å². The fourth-order valence-electron chi connectivity index (χ4n) is 3.14. The Morgan fingerprint density at radius 3 is 1.58 bits per heavy atom. The number of nitriles is 2. The Hall–Kier alpha value is -5.55. The van der Waals surface area contributed by atoms with Crippen LogP contribution < -0.4 is 23.7 Å². The van der Waals surface area contributed by atoms with Crippen LogP contribution in [0, 0.1) is 28.5 Å². The Labute approximate surface area is 250 Å². The Bertz CT molecular complexity index is 1520. The third kappa shape index (κ3) is 11.8. The number of pyridine rings is 2. The molecule has 0 amide bonds. The van der Waals surface area contributed by atoms with E-state index in [1.54, 1.807) is 42.5 Å². The number of halogens is 1. The first kappa shape index (κ1) is 33.7.